The number of fused-ring (bicyclic) bond motifs is 1. The molecule has 5 nitrogen and oxygen atoms in total. The molecule has 1 aliphatic heterocycles. The van der Waals surface area contributed by atoms with E-state index in [1.807, 2.05) is 4.57 Å². The minimum Gasteiger partial charge on any atom is -0.330 e. The van der Waals surface area contributed by atoms with Crippen LogP contribution in [-0.2, 0) is 11.3 Å². The van der Waals surface area contributed by atoms with E-state index in [9.17, 15) is 18.0 Å². The van der Waals surface area contributed by atoms with Gasteiger partial charge in [-0.25, -0.2) is 23.2 Å². The Balaban J connectivity index is 1.18. The van der Waals surface area contributed by atoms with Gasteiger partial charge in [-0.3, -0.25) is 4.79 Å². The van der Waals surface area contributed by atoms with Gasteiger partial charge in [0.05, 0.1) is 28.8 Å². The molecule has 1 atom stereocenters. The van der Waals surface area contributed by atoms with Crippen molar-refractivity contribution in [1.29, 1.82) is 0 Å². The number of hydrogen-bond donors (Lipinski definition) is 0. The van der Waals surface area contributed by atoms with E-state index in [1.54, 1.807) is 18.6 Å². The summed E-state index contributed by atoms with van der Waals surface area (Å²) in [5, 5.41) is 5.63. The molecule has 0 spiro atoms. The standard InChI is InChI=1S/C23H19F3N4O/c24-15-1-2-18-20(8-15)29(13-27-18)12-22-9-23(10-22,11-22)21(31)30-19(3-4-28-30)14-5-16(25)7-17(26)6-14/h1-2,4-8,13,19H,3,9-12H2. The minimum absolute atomic E-state index is 0.000490. The van der Waals surface area contributed by atoms with Gasteiger partial charge in [0, 0.05) is 25.2 Å². The van der Waals surface area contributed by atoms with Crippen molar-refractivity contribution in [3.8, 4) is 0 Å². The fraction of sp³-hybridized carbons (Fsp3) is 0.348. The number of halogens is 3. The van der Waals surface area contributed by atoms with Crippen molar-refractivity contribution >= 4 is 23.2 Å². The number of carbonyl (C=O) groups is 1. The summed E-state index contributed by atoms with van der Waals surface area (Å²) in [7, 11) is 0. The maximum Gasteiger partial charge on any atom is 0.249 e. The molecule has 31 heavy (non-hydrogen) atoms. The van der Waals surface area contributed by atoms with Crippen LogP contribution in [0, 0.1) is 28.3 Å². The zero-order valence-electron chi connectivity index (χ0n) is 16.6. The molecule has 7 rings (SSSR count). The predicted molar refractivity (Wildman–Crippen MR) is 107 cm³/mol. The van der Waals surface area contributed by atoms with Crippen molar-refractivity contribution in [2.75, 3.05) is 0 Å². The number of imidazole rings is 1. The Morgan fingerprint density at radius 1 is 1.03 bits per heavy atom. The molecule has 3 aromatic rings. The summed E-state index contributed by atoms with van der Waals surface area (Å²) in [5.74, 6) is -1.71. The second kappa shape index (κ2) is 6.18. The molecule has 0 N–H and O–H groups in total. The van der Waals surface area contributed by atoms with Gasteiger partial charge in [-0.05, 0) is 60.6 Å². The molecule has 1 amide bonds. The average Bonchev–Trinajstić information content (AvgIpc) is 3.29. The van der Waals surface area contributed by atoms with E-state index in [-0.39, 0.29) is 17.1 Å². The van der Waals surface area contributed by atoms with Gasteiger partial charge in [-0.2, -0.15) is 5.10 Å². The number of aromatic nitrogens is 2. The number of rotatable bonds is 4. The van der Waals surface area contributed by atoms with Crippen LogP contribution in [0.15, 0.2) is 47.8 Å². The largest absolute Gasteiger partial charge is 0.330 e. The Morgan fingerprint density at radius 3 is 2.52 bits per heavy atom. The highest BCUT2D eigenvalue weighted by atomic mass is 19.1. The lowest BCUT2D eigenvalue weighted by Gasteiger charge is -2.70. The zero-order valence-corrected chi connectivity index (χ0v) is 16.6. The quantitative estimate of drug-likeness (QED) is 0.616. The Hall–Kier alpha value is -3.16. The molecule has 158 valence electrons. The smallest absolute Gasteiger partial charge is 0.249 e. The lowest BCUT2D eigenvalue weighted by molar-refractivity contribution is -0.222. The Kier molecular flexibility index (Phi) is 3.71. The lowest BCUT2D eigenvalue weighted by Crippen LogP contribution is -2.68. The fourth-order valence-corrected chi connectivity index (χ4v) is 5.81. The van der Waals surface area contributed by atoms with Gasteiger partial charge in [0.1, 0.15) is 17.5 Å². The first-order chi connectivity index (χ1) is 14.9. The molecular weight excluding hydrogens is 405 g/mol. The highest BCUT2D eigenvalue weighted by molar-refractivity contribution is 5.88. The van der Waals surface area contributed by atoms with Crippen molar-refractivity contribution in [1.82, 2.24) is 14.6 Å². The van der Waals surface area contributed by atoms with Gasteiger partial charge in [0.2, 0.25) is 5.91 Å². The molecule has 0 radical (unpaired) electrons. The zero-order chi connectivity index (χ0) is 21.4. The van der Waals surface area contributed by atoms with E-state index in [2.05, 4.69) is 10.1 Å². The van der Waals surface area contributed by atoms with Crippen LogP contribution in [0.2, 0.25) is 0 Å². The normalized spacial score (nSPS) is 28.6. The van der Waals surface area contributed by atoms with Gasteiger partial charge in [0.25, 0.3) is 0 Å². The minimum atomic E-state index is -0.664. The number of carbonyl (C=O) groups excluding carboxylic acids is 1. The summed E-state index contributed by atoms with van der Waals surface area (Å²) in [5.41, 5.74) is 1.45. The number of hydrogen-bond acceptors (Lipinski definition) is 3. The fourth-order valence-electron chi connectivity index (χ4n) is 5.81. The van der Waals surface area contributed by atoms with Crippen molar-refractivity contribution in [2.24, 2.45) is 15.9 Å². The summed E-state index contributed by atoms with van der Waals surface area (Å²) in [6, 6.07) is 7.40. The van der Waals surface area contributed by atoms with Crippen LogP contribution in [0.4, 0.5) is 13.2 Å². The van der Waals surface area contributed by atoms with Crippen LogP contribution in [0.3, 0.4) is 0 Å². The molecule has 1 unspecified atom stereocenters. The number of benzene rings is 2. The third-order valence-corrected chi connectivity index (χ3v) is 6.99. The maximum absolute atomic E-state index is 13.7. The number of nitrogens with zero attached hydrogens (tertiary/aromatic N) is 4. The SMILES string of the molecule is O=C(N1N=CCC1c1cc(F)cc(F)c1)C12CC(Cn3cnc4ccc(F)cc43)(C1)C2. The molecule has 1 aromatic heterocycles. The summed E-state index contributed by atoms with van der Waals surface area (Å²) in [6.45, 7) is 0.684. The van der Waals surface area contributed by atoms with Crippen LogP contribution in [-0.4, -0.2) is 26.7 Å². The third kappa shape index (κ3) is 2.73. The second-order valence-electron chi connectivity index (χ2n) is 9.22. The van der Waals surface area contributed by atoms with Crippen molar-refractivity contribution < 1.29 is 18.0 Å². The Bertz CT molecular complexity index is 1230. The molecule has 2 heterocycles. The Labute approximate surface area is 176 Å². The predicted octanol–water partition coefficient (Wildman–Crippen LogP) is 4.58. The van der Waals surface area contributed by atoms with E-state index in [0.29, 0.717) is 18.5 Å². The van der Waals surface area contributed by atoms with Crippen molar-refractivity contribution in [3.05, 3.63) is 65.7 Å². The topological polar surface area (TPSA) is 50.5 Å². The van der Waals surface area contributed by atoms with Crippen LogP contribution in [0.1, 0.15) is 37.3 Å². The average molecular weight is 424 g/mol. The maximum atomic E-state index is 13.7. The number of hydrazone groups is 1. The van der Waals surface area contributed by atoms with Gasteiger partial charge in [-0.15, -0.1) is 0 Å². The highest BCUT2D eigenvalue weighted by Gasteiger charge is 2.72. The third-order valence-electron chi connectivity index (χ3n) is 6.99. The first-order valence-corrected chi connectivity index (χ1v) is 10.3. The molecule has 4 aliphatic rings. The van der Waals surface area contributed by atoms with Gasteiger partial charge in [0.15, 0.2) is 0 Å². The molecular formula is C23H19F3N4O. The first kappa shape index (κ1) is 18.6. The van der Waals surface area contributed by atoms with E-state index in [4.69, 9.17) is 0 Å². The molecule has 0 saturated heterocycles. The van der Waals surface area contributed by atoms with Crippen LogP contribution in [0.25, 0.3) is 11.0 Å². The molecule has 3 fully saturated rings. The van der Waals surface area contributed by atoms with E-state index >= 15 is 0 Å². The van der Waals surface area contributed by atoms with Crippen molar-refractivity contribution in [2.45, 2.75) is 38.3 Å². The molecule has 2 aromatic carbocycles. The summed E-state index contributed by atoms with van der Waals surface area (Å²) < 4.78 is 43.0. The molecule has 3 aliphatic carbocycles. The summed E-state index contributed by atoms with van der Waals surface area (Å²) >= 11 is 0. The van der Waals surface area contributed by atoms with Gasteiger partial charge in [-0.1, -0.05) is 0 Å². The van der Waals surface area contributed by atoms with Crippen molar-refractivity contribution in [3.63, 3.8) is 0 Å². The highest BCUT2D eigenvalue weighted by Crippen LogP contribution is 2.74. The number of amides is 1. The van der Waals surface area contributed by atoms with Crippen LogP contribution >= 0.6 is 0 Å². The van der Waals surface area contributed by atoms with Crippen LogP contribution in [0.5, 0.6) is 0 Å². The molecule has 2 bridgehead atoms. The summed E-state index contributed by atoms with van der Waals surface area (Å²) in [6.07, 6.45) is 5.96. The lowest BCUT2D eigenvalue weighted by atomic mass is 9.34. The van der Waals surface area contributed by atoms with E-state index < -0.39 is 23.1 Å². The second-order valence-corrected chi connectivity index (χ2v) is 9.22. The molecule has 3 saturated carbocycles. The van der Waals surface area contributed by atoms with E-state index in [0.717, 1.165) is 36.4 Å². The molecule has 8 heteroatoms. The van der Waals surface area contributed by atoms with Gasteiger partial charge < -0.3 is 4.57 Å². The van der Waals surface area contributed by atoms with E-state index in [1.165, 1.54) is 29.3 Å². The summed E-state index contributed by atoms with van der Waals surface area (Å²) in [4.78, 5) is 17.6. The Morgan fingerprint density at radius 2 is 1.77 bits per heavy atom. The van der Waals surface area contributed by atoms with Gasteiger partial charge >= 0.3 is 0 Å². The first-order valence-electron chi connectivity index (χ1n) is 10.3. The monoisotopic (exact) mass is 424 g/mol. The van der Waals surface area contributed by atoms with Crippen LogP contribution < -0.4 is 0 Å².